The van der Waals surface area contributed by atoms with Gasteiger partial charge in [-0.2, -0.15) is 4.52 Å². The summed E-state index contributed by atoms with van der Waals surface area (Å²) in [4.78, 5) is 34.6. The first-order valence-corrected chi connectivity index (χ1v) is 13.1. The Morgan fingerprint density at radius 2 is 1.87 bits per heavy atom. The van der Waals surface area contributed by atoms with Crippen molar-refractivity contribution >= 4 is 29.4 Å². The molecule has 0 saturated carbocycles. The molecule has 2 aromatic heterocycles. The van der Waals surface area contributed by atoms with E-state index in [9.17, 15) is 23.5 Å². The summed E-state index contributed by atoms with van der Waals surface area (Å²) < 4.78 is 30.0. The predicted molar refractivity (Wildman–Crippen MR) is 142 cm³/mol. The number of hydrogen-bond acceptors (Lipinski definition) is 5. The van der Waals surface area contributed by atoms with Crippen LogP contribution in [0.3, 0.4) is 0 Å². The fourth-order valence-corrected chi connectivity index (χ4v) is 5.63. The SMILES string of the molecule is CC1CN(C(=O)Nc2cnc3ccc(N4CCCC4c4cc(F)ccc4F)nn23)C(C(C)(C)C)CN1C(=O)O. The number of benzene rings is 1. The summed E-state index contributed by atoms with van der Waals surface area (Å²) in [7, 11) is 0. The van der Waals surface area contributed by atoms with Crippen molar-refractivity contribution in [3.63, 3.8) is 0 Å². The van der Waals surface area contributed by atoms with Crippen molar-refractivity contribution in [3.8, 4) is 0 Å². The van der Waals surface area contributed by atoms with Gasteiger partial charge >= 0.3 is 12.1 Å². The van der Waals surface area contributed by atoms with E-state index >= 15 is 0 Å². The highest BCUT2D eigenvalue weighted by Crippen LogP contribution is 2.37. The lowest BCUT2D eigenvalue weighted by Crippen LogP contribution is -2.64. The number of nitrogens with one attached hydrogen (secondary N) is 1. The second-order valence-corrected chi connectivity index (χ2v) is 11.4. The highest BCUT2D eigenvalue weighted by molar-refractivity contribution is 5.89. The number of nitrogens with zero attached hydrogens (tertiary/aromatic N) is 6. The zero-order valence-electron chi connectivity index (χ0n) is 22.4. The van der Waals surface area contributed by atoms with Gasteiger partial charge in [-0.05, 0) is 55.5 Å². The van der Waals surface area contributed by atoms with E-state index in [4.69, 9.17) is 5.10 Å². The smallest absolute Gasteiger partial charge is 0.407 e. The maximum absolute atomic E-state index is 14.6. The second kappa shape index (κ2) is 9.97. The Hall–Kier alpha value is -3.96. The van der Waals surface area contributed by atoms with Gasteiger partial charge in [0.05, 0.1) is 18.3 Å². The number of carboxylic acid groups (broad SMARTS) is 1. The summed E-state index contributed by atoms with van der Waals surface area (Å²) in [6.07, 6.45) is 1.96. The number of hydrogen-bond donors (Lipinski definition) is 2. The summed E-state index contributed by atoms with van der Waals surface area (Å²) >= 11 is 0. The van der Waals surface area contributed by atoms with E-state index in [1.165, 1.54) is 21.7 Å². The molecule has 39 heavy (non-hydrogen) atoms. The lowest BCUT2D eigenvalue weighted by atomic mass is 9.83. The largest absolute Gasteiger partial charge is 0.465 e. The average molecular weight is 542 g/mol. The molecule has 3 unspecified atom stereocenters. The molecule has 0 aliphatic carbocycles. The fraction of sp³-hybridized carbons (Fsp3) is 0.481. The van der Waals surface area contributed by atoms with Crippen LogP contribution in [-0.4, -0.2) is 73.3 Å². The number of piperazine rings is 1. The van der Waals surface area contributed by atoms with Gasteiger partial charge in [0.15, 0.2) is 11.5 Å². The number of halogens is 2. The number of anilines is 2. The van der Waals surface area contributed by atoms with Gasteiger partial charge in [0, 0.05) is 31.2 Å². The van der Waals surface area contributed by atoms with Crippen LogP contribution in [0.5, 0.6) is 0 Å². The molecule has 2 N–H and O–H groups in total. The van der Waals surface area contributed by atoms with Crippen molar-refractivity contribution in [2.24, 2.45) is 5.41 Å². The van der Waals surface area contributed by atoms with E-state index in [1.807, 2.05) is 25.7 Å². The summed E-state index contributed by atoms with van der Waals surface area (Å²) in [6, 6.07) is 5.57. The third-order valence-corrected chi connectivity index (χ3v) is 7.69. The first-order valence-electron chi connectivity index (χ1n) is 13.1. The maximum atomic E-state index is 14.6. The van der Waals surface area contributed by atoms with Gasteiger partial charge in [-0.15, -0.1) is 5.10 Å². The van der Waals surface area contributed by atoms with E-state index in [0.29, 0.717) is 30.2 Å². The molecule has 2 saturated heterocycles. The monoisotopic (exact) mass is 541 g/mol. The molecule has 3 amide bonds. The lowest BCUT2D eigenvalue weighted by Gasteiger charge is -2.48. The number of rotatable bonds is 3. The molecular formula is C27H33F2N7O3. The number of fused-ring (bicyclic) bond motifs is 1. The topological polar surface area (TPSA) is 106 Å². The fourth-order valence-electron chi connectivity index (χ4n) is 5.63. The van der Waals surface area contributed by atoms with Crippen LogP contribution in [0.2, 0.25) is 0 Å². The zero-order chi connectivity index (χ0) is 28.1. The number of urea groups is 1. The Morgan fingerprint density at radius 3 is 2.59 bits per heavy atom. The van der Waals surface area contributed by atoms with Crippen LogP contribution in [0.1, 0.15) is 52.1 Å². The van der Waals surface area contributed by atoms with Crippen molar-refractivity contribution in [1.29, 1.82) is 0 Å². The number of imidazole rings is 1. The minimum absolute atomic E-state index is 0.204. The normalized spacial score (nSPS) is 22.0. The Bertz CT molecular complexity index is 1410. The first-order chi connectivity index (χ1) is 18.4. The van der Waals surface area contributed by atoms with Crippen LogP contribution in [0.15, 0.2) is 36.5 Å². The molecule has 1 aromatic carbocycles. The summed E-state index contributed by atoms with van der Waals surface area (Å²) in [5, 5.41) is 17.2. The van der Waals surface area contributed by atoms with Crippen LogP contribution >= 0.6 is 0 Å². The summed E-state index contributed by atoms with van der Waals surface area (Å²) in [5.74, 6) is -0.0483. The molecule has 0 radical (unpaired) electrons. The van der Waals surface area contributed by atoms with Crippen molar-refractivity contribution < 1.29 is 23.5 Å². The predicted octanol–water partition coefficient (Wildman–Crippen LogP) is 4.98. The van der Waals surface area contributed by atoms with E-state index in [0.717, 1.165) is 18.6 Å². The van der Waals surface area contributed by atoms with Gasteiger partial charge in [0.1, 0.15) is 17.5 Å². The maximum Gasteiger partial charge on any atom is 0.407 e. The van der Waals surface area contributed by atoms with Crippen LogP contribution in [0.4, 0.5) is 30.0 Å². The number of aromatic nitrogens is 3. The van der Waals surface area contributed by atoms with Crippen molar-refractivity contribution in [3.05, 3.63) is 53.7 Å². The van der Waals surface area contributed by atoms with E-state index in [1.54, 1.807) is 24.0 Å². The highest BCUT2D eigenvalue weighted by Gasteiger charge is 2.42. The van der Waals surface area contributed by atoms with Crippen molar-refractivity contribution in [2.75, 3.05) is 29.9 Å². The Kier molecular flexibility index (Phi) is 6.81. The molecule has 10 nitrogen and oxygen atoms in total. The molecule has 3 atom stereocenters. The van der Waals surface area contributed by atoms with Gasteiger partial charge in [-0.3, -0.25) is 5.32 Å². The third kappa shape index (κ3) is 5.07. The molecule has 2 fully saturated rings. The van der Waals surface area contributed by atoms with Crippen LogP contribution in [-0.2, 0) is 0 Å². The van der Waals surface area contributed by atoms with Crippen molar-refractivity contribution in [1.82, 2.24) is 24.4 Å². The average Bonchev–Trinajstić information content (AvgIpc) is 3.51. The molecule has 0 spiro atoms. The van der Waals surface area contributed by atoms with Gasteiger partial charge < -0.3 is 19.8 Å². The highest BCUT2D eigenvalue weighted by atomic mass is 19.1. The molecule has 2 aliphatic heterocycles. The molecule has 4 heterocycles. The number of carbonyl (C=O) groups excluding carboxylic acids is 1. The molecule has 5 rings (SSSR count). The molecular weight excluding hydrogens is 508 g/mol. The number of amides is 3. The standard InChI is InChI=1S/C27H33F2N7O3/c1-16-14-35(21(27(2,3)4)15-34(16)26(38)39)25(37)31-24-13-30-22-9-10-23(32-36(22)24)33-11-5-6-20(33)18-12-17(28)7-8-19(18)29/h7-10,12-13,16,20-21H,5-6,11,14-15H2,1-4H3,(H,31,37)(H,38,39). The van der Waals surface area contributed by atoms with Gasteiger partial charge in [-0.25, -0.2) is 23.4 Å². The molecule has 0 bridgehead atoms. The molecule has 3 aromatic rings. The van der Waals surface area contributed by atoms with Crippen LogP contribution < -0.4 is 10.2 Å². The van der Waals surface area contributed by atoms with Crippen LogP contribution in [0, 0.1) is 17.0 Å². The molecule has 12 heteroatoms. The summed E-state index contributed by atoms with van der Waals surface area (Å²) in [5.41, 5.74) is 0.433. The van der Waals surface area contributed by atoms with Gasteiger partial charge in [0.2, 0.25) is 0 Å². The summed E-state index contributed by atoms with van der Waals surface area (Å²) in [6.45, 7) is 8.77. The van der Waals surface area contributed by atoms with Crippen LogP contribution in [0.25, 0.3) is 5.65 Å². The minimum Gasteiger partial charge on any atom is -0.465 e. The van der Waals surface area contributed by atoms with E-state index < -0.39 is 17.7 Å². The van der Waals surface area contributed by atoms with Crippen molar-refractivity contribution in [2.45, 2.75) is 58.7 Å². The van der Waals surface area contributed by atoms with E-state index in [-0.39, 0.29) is 48.2 Å². The lowest BCUT2D eigenvalue weighted by molar-refractivity contribution is 0.0196. The quantitative estimate of drug-likeness (QED) is 0.485. The molecule has 208 valence electrons. The second-order valence-electron chi connectivity index (χ2n) is 11.4. The Balaban J connectivity index is 1.42. The van der Waals surface area contributed by atoms with Gasteiger partial charge in [0.25, 0.3) is 0 Å². The first kappa shape index (κ1) is 26.6. The zero-order valence-corrected chi connectivity index (χ0v) is 22.4. The minimum atomic E-state index is -1.01. The van der Waals surface area contributed by atoms with Gasteiger partial charge in [-0.1, -0.05) is 20.8 Å². The number of carbonyl (C=O) groups is 2. The Labute approximate surface area is 225 Å². The molecule has 2 aliphatic rings. The third-order valence-electron chi connectivity index (χ3n) is 7.69. The van der Waals surface area contributed by atoms with E-state index in [2.05, 4.69) is 10.3 Å². The Morgan fingerprint density at radius 1 is 1.10 bits per heavy atom.